The first-order valence-electron chi connectivity index (χ1n) is 8.01. The molecule has 0 fully saturated rings. The van der Waals surface area contributed by atoms with Crippen LogP contribution < -0.4 is 0 Å². The Hall–Kier alpha value is -2.33. The highest BCUT2D eigenvalue weighted by Gasteiger charge is 2.44. The van der Waals surface area contributed by atoms with E-state index in [0.29, 0.717) is 10.6 Å². The van der Waals surface area contributed by atoms with Crippen LogP contribution in [0.1, 0.15) is 39.4 Å². The number of hydrogen-bond donors (Lipinski definition) is 0. The van der Waals surface area contributed by atoms with Gasteiger partial charge in [0.25, 0.3) is 5.71 Å². The van der Waals surface area contributed by atoms with Crippen LogP contribution >= 0.6 is 0 Å². The van der Waals surface area contributed by atoms with Gasteiger partial charge in [0.05, 0.1) is 10.5 Å². The van der Waals surface area contributed by atoms with Crippen LogP contribution in [0.15, 0.2) is 36.4 Å². The van der Waals surface area contributed by atoms with E-state index in [1.807, 2.05) is 11.1 Å². The summed E-state index contributed by atoms with van der Waals surface area (Å²) in [4.78, 5) is 6.21. The predicted octanol–water partition coefficient (Wildman–Crippen LogP) is 3.37. The molecule has 0 bridgehead atoms. The van der Waals surface area contributed by atoms with Gasteiger partial charge in [-0.15, -0.1) is 0 Å². The van der Waals surface area contributed by atoms with E-state index in [4.69, 9.17) is 4.94 Å². The minimum Gasteiger partial charge on any atom is -0.317 e. The van der Waals surface area contributed by atoms with Gasteiger partial charge in [-0.05, 0) is 49.4 Å². The summed E-state index contributed by atoms with van der Waals surface area (Å²) in [6, 6.07) is 12.5. The van der Waals surface area contributed by atoms with Crippen molar-refractivity contribution >= 4 is 5.71 Å². The van der Waals surface area contributed by atoms with E-state index in [0.717, 1.165) is 29.7 Å². The van der Waals surface area contributed by atoms with Gasteiger partial charge in [0.1, 0.15) is 6.04 Å². The quantitative estimate of drug-likeness (QED) is 0.758. The third kappa shape index (κ3) is 2.13. The van der Waals surface area contributed by atoms with Crippen molar-refractivity contribution in [2.75, 3.05) is 6.54 Å². The molecule has 4 heteroatoms. The van der Waals surface area contributed by atoms with Crippen LogP contribution in [0.3, 0.4) is 0 Å². The summed E-state index contributed by atoms with van der Waals surface area (Å²) < 4.78 is 0. The first kappa shape index (κ1) is 14.3. The molecule has 2 aromatic rings. The topological polar surface area (TPSA) is 38.5 Å². The van der Waals surface area contributed by atoms with Crippen LogP contribution in [-0.2, 0) is 11.4 Å². The Morgan fingerprint density at radius 3 is 2.57 bits per heavy atom. The van der Waals surface area contributed by atoms with E-state index in [2.05, 4.69) is 51.1 Å². The Kier molecular flexibility index (Phi) is 3.16. The van der Waals surface area contributed by atoms with Gasteiger partial charge in [-0.3, -0.25) is 5.21 Å². The zero-order chi connectivity index (χ0) is 16.1. The second-order valence-electron chi connectivity index (χ2n) is 6.49. The lowest BCUT2D eigenvalue weighted by molar-refractivity contribution is -0.781. The molecule has 23 heavy (non-hydrogen) atoms. The Balaban J connectivity index is 1.92. The second-order valence-corrected chi connectivity index (χ2v) is 6.49. The lowest BCUT2D eigenvalue weighted by Gasteiger charge is -2.30. The fourth-order valence-electron chi connectivity index (χ4n) is 3.97. The van der Waals surface area contributed by atoms with E-state index in [1.165, 1.54) is 16.7 Å². The number of hydroxylamine groups is 2. The number of aryl methyl sites for hydroxylation is 3. The zero-order valence-corrected chi connectivity index (χ0v) is 13.7. The van der Waals surface area contributed by atoms with Gasteiger partial charge in [-0.2, -0.15) is 5.06 Å². The third-order valence-corrected chi connectivity index (χ3v) is 4.81. The van der Waals surface area contributed by atoms with Crippen LogP contribution in [0.5, 0.6) is 0 Å². The van der Waals surface area contributed by atoms with Crippen LogP contribution in [0.4, 0.5) is 0 Å². The summed E-state index contributed by atoms with van der Waals surface area (Å²) in [6.45, 7) is 6.94. The molecule has 118 valence electrons. The maximum Gasteiger partial charge on any atom is 0.276 e. The predicted molar refractivity (Wildman–Crippen MR) is 89.1 cm³/mol. The summed E-state index contributed by atoms with van der Waals surface area (Å²) in [5.74, 6) is 0. The molecule has 2 aliphatic heterocycles. The summed E-state index contributed by atoms with van der Waals surface area (Å²) in [5.41, 5.74) is 7.63. The van der Waals surface area contributed by atoms with E-state index in [-0.39, 0.29) is 6.04 Å². The SMILES string of the molecule is Cc1cc(C)c(C2=[N+]([O-])ON3CCc4ccccc4[C@H]23)c(C)c1. The molecule has 0 amide bonds. The van der Waals surface area contributed by atoms with Crippen molar-refractivity contribution in [3.8, 4) is 0 Å². The van der Waals surface area contributed by atoms with Gasteiger partial charge >= 0.3 is 0 Å². The zero-order valence-electron chi connectivity index (χ0n) is 13.7. The maximum absolute atomic E-state index is 12.6. The summed E-state index contributed by atoms with van der Waals surface area (Å²) >= 11 is 0. The van der Waals surface area contributed by atoms with Gasteiger partial charge in [0.2, 0.25) is 0 Å². The smallest absolute Gasteiger partial charge is 0.276 e. The highest BCUT2D eigenvalue weighted by Crippen LogP contribution is 2.37. The van der Waals surface area contributed by atoms with E-state index in [1.54, 1.807) is 0 Å². The van der Waals surface area contributed by atoms with Crippen LogP contribution in [0.2, 0.25) is 0 Å². The molecule has 2 heterocycles. The number of rotatable bonds is 1. The van der Waals surface area contributed by atoms with Crippen LogP contribution in [-0.4, -0.2) is 22.2 Å². The van der Waals surface area contributed by atoms with Crippen LogP contribution in [0, 0.1) is 26.0 Å². The van der Waals surface area contributed by atoms with Gasteiger partial charge < -0.3 is 4.94 Å². The highest BCUT2D eigenvalue weighted by molar-refractivity contribution is 6.04. The Morgan fingerprint density at radius 1 is 1.13 bits per heavy atom. The summed E-state index contributed by atoms with van der Waals surface area (Å²) in [5, 5.41) is 14.4. The van der Waals surface area contributed by atoms with Crippen molar-refractivity contribution in [1.82, 2.24) is 5.06 Å². The molecule has 2 aliphatic rings. The molecule has 4 nitrogen and oxygen atoms in total. The molecule has 0 aromatic heterocycles. The first-order chi connectivity index (χ1) is 11.1. The average Bonchev–Trinajstić information content (AvgIpc) is 2.83. The van der Waals surface area contributed by atoms with Crippen molar-refractivity contribution in [2.45, 2.75) is 33.2 Å². The molecule has 0 N–H and O–H groups in total. The lowest BCUT2D eigenvalue weighted by atomic mass is 9.85. The average molecular weight is 308 g/mol. The van der Waals surface area contributed by atoms with Crippen molar-refractivity contribution in [2.24, 2.45) is 0 Å². The molecule has 0 saturated carbocycles. The summed E-state index contributed by atoms with van der Waals surface area (Å²) in [7, 11) is 0. The van der Waals surface area contributed by atoms with E-state index >= 15 is 0 Å². The van der Waals surface area contributed by atoms with Crippen molar-refractivity contribution in [1.29, 1.82) is 0 Å². The minimum absolute atomic E-state index is 0.127. The van der Waals surface area contributed by atoms with Crippen molar-refractivity contribution in [3.63, 3.8) is 0 Å². The molecule has 0 radical (unpaired) electrons. The monoisotopic (exact) mass is 308 g/mol. The normalized spacial score (nSPS) is 20.2. The molecule has 0 saturated heterocycles. The Morgan fingerprint density at radius 2 is 1.83 bits per heavy atom. The Labute approximate surface area is 136 Å². The number of hydrogen-bond acceptors (Lipinski definition) is 3. The van der Waals surface area contributed by atoms with Gasteiger partial charge in [0.15, 0.2) is 0 Å². The molecule has 4 rings (SSSR count). The maximum atomic E-state index is 12.6. The molecular formula is C19H20N2O2. The largest absolute Gasteiger partial charge is 0.317 e. The fraction of sp³-hybridized carbons (Fsp3) is 0.316. The van der Waals surface area contributed by atoms with Crippen molar-refractivity contribution in [3.05, 3.63) is 75.0 Å². The lowest BCUT2D eigenvalue weighted by Crippen LogP contribution is -2.34. The van der Waals surface area contributed by atoms with E-state index < -0.39 is 0 Å². The van der Waals surface area contributed by atoms with Gasteiger partial charge in [-0.1, -0.05) is 42.0 Å². The third-order valence-electron chi connectivity index (χ3n) is 4.81. The Bertz CT molecular complexity index is 803. The molecule has 0 spiro atoms. The first-order valence-corrected chi connectivity index (χ1v) is 8.01. The minimum atomic E-state index is -0.127. The number of fused-ring (bicyclic) bond motifs is 3. The van der Waals surface area contributed by atoms with Crippen molar-refractivity contribution < 1.29 is 9.84 Å². The van der Waals surface area contributed by atoms with E-state index in [9.17, 15) is 5.21 Å². The van der Waals surface area contributed by atoms with Gasteiger partial charge in [-0.25, -0.2) is 0 Å². The summed E-state index contributed by atoms with van der Waals surface area (Å²) in [6.07, 6.45) is 0.902. The molecule has 0 aliphatic carbocycles. The highest BCUT2D eigenvalue weighted by atomic mass is 17.0. The number of nitrogens with zero attached hydrogens (tertiary/aromatic N) is 2. The van der Waals surface area contributed by atoms with Crippen LogP contribution in [0.25, 0.3) is 0 Å². The molecule has 0 unspecified atom stereocenters. The molecular weight excluding hydrogens is 288 g/mol. The standard InChI is InChI=1S/C19H20N2O2/c1-12-10-13(2)17(14(3)11-12)19-18-16-7-5-4-6-15(16)8-9-20(18)23-21(19)22/h4-7,10-11,18H,8-9H2,1-3H3/t18-/m1/s1. The van der Waals surface area contributed by atoms with Gasteiger partial charge in [0, 0.05) is 6.54 Å². The fourth-order valence-corrected chi connectivity index (χ4v) is 3.97. The second kappa shape index (κ2) is 5.10. The number of benzene rings is 2. The molecule has 1 atom stereocenters. The molecule has 2 aromatic carbocycles.